The third kappa shape index (κ3) is 3.95. The maximum Gasteiger partial charge on any atom is 0.224 e. The first-order valence-corrected chi connectivity index (χ1v) is 10.1. The van der Waals surface area contributed by atoms with Crippen LogP contribution in [0.2, 0.25) is 5.28 Å². The lowest BCUT2D eigenvalue weighted by Crippen LogP contribution is -2.44. The summed E-state index contributed by atoms with van der Waals surface area (Å²) >= 11 is 6.03. The van der Waals surface area contributed by atoms with E-state index in [1.165, 1.54) is 0 Å². The molecule has 1 aromatic heterocycles. The van der Waals surface area contributed by atoms with Crippen molar-refractivity contribution in [2.24, 2.45) is 0 Å². The van der Waals surface area contributed by atoms with Gasteiger partial charge in [-0.25, -0.2) is 18.4 Å². The predicted molar refractivity (Wildman–Crippen MR) is 89.5 cm³/mol. The fourth-order valence-electron chi connectivity index (χ4n) is 3.31. The van der Waals surface area contributed by atoms with Crippen LogP contribution < -0.4 is 4.90 Å². The summed E-state index contributed by atoms with van der Waals surface area (Å²) in [6.45, 7) is 4.01. The lowest BCUT2D eigenvalue weighted by molar-refractivity contribution is 0.0985. The summed E-state index contributed by atoms with van der Waals surface area (Å²) < 4.78 is 30.5. The maximum absolute atomic E-state index is 12.5. The Morgan fingerprint density at radius 1 is 1.35 bits per heavy atom. The summed E-state index contributed by atoms with van der Waals surface area (Å²) in [6, 6.07) is 1.93. The molecule has 2 heterocycles. The van der Waals surface area contributed by atoms with Crippen LogP contribution in [0.3, 0.4) is 0 Å². The Morgan fingerprint density at radius 2 is 2.09 bits per heavy atom. The van der Waals surface area contributed by atoms with E-state index in [2.05, 4.69) is 14.9 Å². The minimum atomic E-state index is -3.18. The second-order valence-electron chi connectivity index (χ2n) is 6.32. The molecule has 128 valence electrons. The van der Waals surface area contributed by atoms with Gasteiger partial charge < -0.3 is 9.64 Å². The Morgan fingerprint density at radius 3 is 2.78 bits per heavy atom. The highest BCUT2D eigenvalue weighted by Crippen LogP contribution is 2.28. The first-order valence-electron chi connectivity index (χ1n) is 8.05. The summed E-state index contributed by atoms with van der Waals surface area (Å²) in [4.78, 5) is 10.5. The quantitative estimate of drug-likeness (QED) is 0.767. The summed E-state index contributed by atoms with van der Waals surface area (Å²) in [5, 5.41) is -0.139. The molecule has 2 aliphatic rings. The van der Waals surface area contributed by atoms with Gasteiger partial charge in [-0.15, -0.1) is 0 Å². The summed E-state index contributed by atoms with van der Waals surface area (Å²) in [7, 11) is -3.18. The molecule has 1 aromatic rings. The SMILES string of the molecule is C[C@H]1COCCN1c1cc(CS(=O)(=O)C2CCCC2)nc(Cl)n1. The van der Waals surface area contributed by atoms with Crippen molar-refractivity contribution in [2.75, 3.05) is 24.7 Å². The van der Waals surface area contributed by atoms with Gasteiger partial charge in [-0.3, -0.25) is 0 Å². The summed E-state index contributed by atoms with van der Waals surface area (Å²) in [6.07, 6.45) is 3.50. The Bertz CT molecular complexity index is 662. The molecule has 0 amide bonds. The minimum Gasteiger partial charge on any atom is -0.377 e. The van der Waals surface area contributed by atoms with Crippen molar-refractivity contribution >= 4 is 27.3 Å². The van der Waals surface area contributed by atoms with Crippen LogP contribution in [0.1, 0.15) is 38.3 Å². The highest BCUT2D eigenvalue weighted by molar-refractivity contribution is 7.91. The van der Waals surface area contributed by atoms with Crippen molar-refractivity contribution < 1.29 is 13.2 Å². The van der Waals surface area contributed by atoms with Crippen LogP contribution in [-0.2, 0) is 20.3 Å². The number of aromatic nitrogens is 2. The first kappa shape index (κ1) is 16.9. The zero-order chi connectivity index (χ0) is 16.4. The monoisotopic (exact) mass is 359 g/mol. The van der Waals surface area contributed by atoms with Crippen LogP contribution in [-0.4, -0.2) is 49.4 Å². The minimum absolute atomic E-state index is 0.0639. The molecular weight excluding hydrogens is 338 g/mol. The average molecular weight is 360 g/mol. The van der Waals surface area contributed by atoms with E-state index in [-0.39, 0.29) is 22.3 Å². The van der Waals surface area contributed by atoms with E-state index < -0.39 is 9.84 Å². The number of morpholine rings is 1. The predicted octanol–water partition coefficient (Wildman–Crippen LogP) is 2.21. The van der Waals surface area contributed by atoms with Gasteiger partial charge >= 0.3 is 0 Å². The van der Waals surface area contributed by atoms with E-state index in [0.717, 1.165) is 25.7 Å². The second kappa shape index (κ2) is 6.91. The number of halogens is 1. The molecular formula is C15H22ClN3O3S. The van der Waals surface area contributed by atoms with Crippen LogP contribution in [0, 0.1) is 0 Å². The van der Waals surface area contributed by atoms with E-state index in [1.54, 1.807) is 6.07 Å². The van der Waals surface area contributed by atoms with E-state index in [9.17, 15) is 8.42 Å². The molecule has 1 saturated heterocycles. The van der Waals surface area contributed by atoms with Crippen molar-refractivity contribution in [3.8, 4) is 0 Å². The summed E-state index contributed by atoms with van der Waals surface area (Å²) in [5.41, 5.74) is 0.477. The molecule has 1 aliphatic carbocycles. The molecule has 1 saturated carbocycles. The van der Waals surface area contributed by atoms with Gasteiger partial charge in [0.25, 0.3) is 0 Å². The topological polar surface area (TPSA) is 72.4 Å². The molecule has 6 nitrogen and oxygen atoms in total. The largest absolute Gasteiger partial charge is 0.377 e. The zero-order valence-electron chi connectivity index (χ0n) is 13.2. The maximum atomic E-state index is 12.5. The molecule has 0 N–H and O–H groups in total. The molecule has 8 heteroatoms. The number of rotatable bonds is 4. The van der Waals surface area contributed by atoms with Gasteiger partial charge in [-0.2, -0.15) is 0 Å². The smallest absolute Gasteiger partial charge is 0.224 e. The second-order valence-corrected chi connectivity index (χ2v) is 8.94. The van der Waals surface area contributed by atoms with Gasteiger partial charge in [0.15, 0.2) is 9.84 Å². The molecule has 23 heavy (non-hydrogen) atoms. The summed E-state index contributed by atoms with van der Waals surface area (Å²) in [5.74, 6) is 0.614. The standard InChI is InChI=1S/C15H22ClN3O3S/c1-11-9-22-7-6-19(11)14-8-12(17-15(16)18-14)10-23(20,21)13-4-2-3-5-13/h8,11,13H,2-7,9-10H2,1H3/t11-/m0/s1. The number of hydrogen-bond acceptors (Lipinski definition) is 6. The molecule has 1 atom stereocenters. The molecule has 0 unspecified atom stereocenters. The molecule has 0 spiro atoms. The van der Waals surface area contributed by atoms with Crippen LogP contribution in [0.5, 0.6) is 0 Å². The Balaban J connectivity index is 1.82. The van der Waals surface area contributed by atoms with Crippen molar-refractivity contribution in [3.05, 3.63) is 17.0 Å². The van der Waals surface area contributed by atoms with Gasteiger partial charge in [0.2, 0.25) is 5.28 Å². The number of ether oxygens (including phenoxy) is 1. The molecule has 3 rings (SSSR count). The van der Waals surface area contributed by atoms with E-state index >= 15 is 0 Å². The van der Waals surface area contributed by atoms with E-state index in [4.69, 9.17) is 16.3 Å². The third-order valence-electron chi connectivity index (χ3n) is 4.56. The Kier molecular flexibility index (Phi) is 5.08. The van der Waals surface area contributed by atoms with Crippen LogP contribution >= 0.6 is 11.6 Å². The molecule has 1 aliphatic heterocycles. The van der Waals surface area contributed by atoms with Gasteiger partial charge in [0.1, 0.15) is 5.82 Å². The van der Waals surface area contributed by atoms with Gasteiger partial charge in [-0.05, 0) is 31.4 Å². The zero-order valence-corrected chi connectivity index (χ0v) is 14.8. The third-order valence-corrected chi connectivity index (χ3v) is 6.91. The molecule has 2 fully saturated rings. The van der Waals surface area contributed by atoms with Gasteiger partial charge in [-0.1, -0.05) is 12.8 Å². The van der Waals surface area contributed by atoms with Crippen molar-refractivity contribution in [3.63, 3.8) is 0 Å². The normalized spacial score (nSPS) is 23.4. The molecule has 0 radical (unpaired) electrons. The fourth-order valence-corrected chi connectivity index (χ4v) is 5.35. The van der Waals surface area contributed by atoms with Gasteiger partial charge in [0, 0.05) is 12.6 Å². The van der Waals surface area contributed by atoms with Crippen LogP contribution in [0.4, 0.5) is 5.82 Å². The number of anilines is 1. The highest BCUT2D eigenvalue weighted by Gasteiger charge is 2.30. The van der Waals surface area contributed by atoms with Crippen molar-refractivity contribution in [1.29, 1.82) is 0 Å². The molecule has 0 bridgehead atoms. The van der Waals surface area contributed by atoms with E-state index in [1.807, 2.05) is 6.92 Å². The fraction of sp³-hybridized carbons (Fsp3) is 0.733. The lowest BCUT2D eigenvalue weighted by atomic mass is 10.2. The van der Waals surface area contributed by atoms with Crippen LogP contribution in [0.15, 0.2) is 6.07 Å². The van der Waals surface area contributed by atoms with Gasteiger partial charge in [0.05, 0.1) is 36.0 Å². The lowest BCUT2D eigenvalue weighted by Gasteiger charge is -2.34. The van der Waals surface area contributed by atoms with E-state index in [0.29, 0.717) is 31.3 Å². The Hall–Kier alpha value is -0.920. The van der Waals surface area contributed by atoms with Crippen LogP contribution in [0.25, 0.3) is 0 Å². The Labute approximate surface area is 142 Å². The average Bonchev–Trinajstić information content (AvgIpc) is 3.01. The van der Waals surface area contributed by atoms with Crippen molar-refractivity contribution in [2.45, 2.75) is 49.7 Å². The highest BCUT2D eigenvalue weighted by atomic mass is 35.5. The van der Waals surface area contributed by atoms with Crippen molar-refractivity contribution in [1.82, 2.24) is 9.97 Å². The molecule has 0 aromatic carbocycles. The number of nitrogens with zero attached hydrogens (tertiary/aromatic N) is 3. The number of hydrogen-bond donors (Lipinski definition) is 0. The first-order chi connectivity index (χ1) is 11.0. The number of sulfone groups is 1.